The minimum atomic E-state index is 0.368. The Balaban J connectivity index is 2.01. The fraction of sp³-hybridized carbons (Fsp3) is 0.250. The molecule has 3 heterocycles. The zero-order chi connectivity index (χ0) is 11.7. The molecule has 0 bridgehead atoms. The van der Waals surface area contributed by atoms with Crippen molar-refractivity contribution in [3.05, 3.63) is 12.0 Å². The second-order valence-electron chi connectivity index (χ2n) is 3.16. The largest absolute Gasteiger partial charge is 0.332 e. The van der Waals surface area contributed by atoms with Gasteiger partial charge in [-0.1, -0.05) is 16.6 Å². The van der Waals surface area contributed by atoms with Gasteiger partial charge in [-0.05, 0) is 18.0 Å². The summed E-state index contributed by atoms with van der Waals surface area (Å²) in [5, 5.41) is 14.2. The third kappa shape index (κ3) is 1.69. The SMILES string of the molecule is CCc1nnsc1-c1nc(-c2ncn[nH]2)no1. The Labute approximate surface area is 99.3 Å². The molecule has 0 unspecified atom stereocenters. The van der Waals surface area contributed by atoms with E-state index in [0.717, 1.165) is 17.0 Å². The van der Waals surface area contributed by atoms with Crippen molar-refractivity contribution in [3.63, 3.8) is 0 Å². The van der Waals surface area contributed by atoms with Crippen LogP contribution in [-0.4, -0.2) is 34.9 Å². The number of rotatable bonds is 3. The van der Waals surface area contributed by atoms with Crippen LogP contribution < -0.4 is 0 Å². The van der Waals surface area contributed by atoms with Crippen LogP contribution in [0.5, 0.6) is 0 Å². The molecule has 3 rings (SSSR count). The molecule has 0 radical (unpaired) electrons. The van der Waals surface area contributed by atoms with Gasteiger partial charge in [0.15, 0.2) is 5.82 Å². The van der Waals surface area contributed by atoms with Crippen molar-refractivity contribution < 1.29 is 4.52 Å². The Morgan fingerprint density at radius 2 is 2.41 bits per heavy atom. The molecule has 1 N–H and O–H groups in total. The minimum Gasteiger partial charge on any atom is -0.332 e. The standard InChI is InChI=1S/C8H7N7OS/c1-2-4-5(17-15-12-4)8-11-7(14-16-8)6-9-3-10-13-6/h3H,2H2,1H3,(H,9,10,13). The monoisotopic (exact) mass is 249 g/mol. The molecule has 0 fully saturated rings. The van der Waals surface area contributed by atoms with Crippen LogP contribution in [0.2, 0.25) is 0 Å². The Morgan fingerprint density at radius 3 is 3.18 bits per heavy atom. The quantitative estimate of drug-likeness (QED) is 0.735. The van der Waals surface area contributed by atoms with E-state index >= 15 is 0 Å². The van der Waals surface area contributed by atoms with Crippen LogP contribution in [0.25, 0.3) is 22.4 Å². The van der Waals surface area contributed by atoms with Gasteiger partial charge in [0.25, 0.3) is 5.89 Å². The molecule has 0 aromatic carbocycles. The first-order chi connectivity index (χ1) is 8.38. The third-order valence-corrected chi connectivity index (χ3v) is 2.89. The third-order valence-electron chi connectivity index (χ3n) is 2.14. The molecule has 8 nitrogen and oxygen atoms in total. The number of H-pyrrole nitrogens is 1. The summed E-state index contributed by atoms with van der Waals surface area (Å²) in [7, 11) is 0. The van der Waals surface area contributed by atoms with E-state index in [4.69, 9.17) is 4.52 Å². The molecule has 0 aliphatic rings. The van der Waals surface area contributed by atoms with Crippen LogP contribution in [0, 0.1) is 0 Å². The van der Waals surface area contributed by atoms with Crippen molar-refractivity contribution in [2.24, 2.45) is 0 Å². The van der Waals surface area contributed by atoms with E-state index in [1.54, 1.807) is 0 Å². The Bertz CT molecular complexity index is 613. The zero-order valence-corrected chi connectivity index (χ0v) is 9.60. The molecule has 17 heavy (non-hydrogen) atoms. The Kier molecular flexibility index (Phi) is 2.37. The Morgan fingerprint density at radius 1 is 1.47 bits per heavy atom. The first-order valence-corrected chi connectivity index (χ1v) is 5.67. The molecule has 0 spiro atoms. The molecular formula is C8H7N7OS. The summed E-state index contributed by atoms with van der Waals surface area (Å²) in [5.74, 6) is 1.24. The van der Waals surface area contributed by atoms with Gasteiger partial charge in [-0.15, -0.1) is 5.10 Å². The summed E-state index contributed by atoms with van der Waals surface area (Å²) >= 11 is 1.23. The second kappa shape index (κ2) is 4.01. The maximum Gasteiger partial charge on any atom is 0.272 e. The van der Waals surface area contributed by atoms with Crippen molar-refractivity contribution in [2.75, 3.05) is 0 Å². The van der Waals surface area contributed by atoms with Crippen molar-refractivity contribution >= 4 is 11.5 Å². The van der Waals surface area contributed by atoms with E-state index in [1.807, 2.05) is 6.92 Å². The minimum absolute atomic E-state index is 0.368. The molecule has 0 amide bonds. The van der Waals surface area contributed by atoms with Gasteiger partial charge in [0.2, 0.25) is 5.82 Å². The van der Waals surface area contributed by atoms with Crippen molar-refractivity contribution in [1.82, 2.24) is 34.9 Å². The fourth-order valence-corrected chi connectivity index (χ4v) is 2.00. The molecule has 0 saturated carbocycles. The van der Waals surface area contributed by atoms with E-state index in [9.17, 15) is 0 Å². The molecule has 3 aromatic heterocycles. The lowest BCUT2D eigenvalue weighted by Crippen LogP contribution is -1.85. The summed E-state index contributed by atoms with van der Waals surface area (Å²) in [6.07, 6.45) is 2.16. The normalized spacial score (nSPS) is 10.9. The maximum absolute atomic E-state index is 5.16. The summed E-state index contributed by atoms with van der Waals surface area (Å²) in [4.78, 5) is 8.96. The van der Waals surface area contributed by atoms with Gasteiger partial charge >= 0.3 is 0 Å². The first kappa shape index (κ1) is 10.0. The highest BCUT2D eigenvalue weighted by Gasteiger charge is 2.17. The predicted molar refractivity (Wildman–Crippen MR) is 58.0 cm³/mol. The van der Waals surface area contributed by atoms with Crippen LogP contribution in [0.3, 0.4) is 0 Å². The summed E-state index contributed by atoms with van der Waals surface area (Å²) in [5.41, 5.74) is 0.850. The van der Waals surface area contributed by atoms with Crippen molar-refractivity contribution in [2.45, 2.75) is 13.3 Å². The maximum atomic E-state index is 5.16. The number of aromatic amines is 1. The predicted octanol–water partition coefficient (Wildman–Crippen LogP) is 0.936. The fourth-order valence-electron chi connectivity index (χ4n) is 1.33. The van der Waals surface area contributed by atoms with Crippen LogP contribution in [-0.2, 0) is 6.42 Å². The van der Waals surface area contributed by atoms with Crippen LogP contribution in [0.1, 0.15) is 12.6 Å². The molecule has 0 saturated heterocycles. The number of hydrogen-bond acceptors (Lipinski definition) is 8. The number of nitrogens with zero attached hydrogens (tertiary/aromatic N) is 6. The van der Waals surface area contributed by atoms with Gasteiger partial charge in [0, 0.05) is 0 Å². The van der Waals surface area contributed by atoms with Gasteiger partial charge in [-0.2, -0.15) is 10.1 Å². The van der Waals surface area contributed by atoms with Gasteiger partial charge in [-0.25, -0.2) is 4.98 Å². The lowest BCUT2D eigenvalue weighted by Gasteiger charge is -1.88. The van der Waals surface area contributed by atoms with E-state index < -0.39 is 0 Å². The molecule has 0 aliphatic heterocycles. The van der Waals surface area contributed by atoms with Crippen molar-refractivity contribution in [3.8, 4) is 22.4 Å². The van der Waals surface area contributed by atoms with Crippen molar-refractivity contribution in [1.29, 1.82) is 0 Å². The summed E-state index contributed by atoms with van der Waals surface area (Å²) in [6.45, 7) is 1.99. The summed E-state index contributed by atoms with van der Waals surface area (Å²) < 4.78 is 9.03. The molecule has 0 aliphatic carbocycles. The molecule has 86 valence electrons. The number of aryl methyl sites for hydroxylation is 1. The first-order valence-electron chi connectivity index (χ1n) is 4.89. The average Bonchev–Trinajstić information content (AvgIpc) is 3.09. The highest BCUT2D eigenvalue weighted by atomic mass is 32.1. The van der Waals surface area contributed by atoms with Gasteiger partial charge in [0.1, 0.15) is 11.2 Å². The topological polar surface area (TPSA) is 106 Å². The highest BCUT2D eigenvalue weighted by molar-refractivity contribution is 7.09. The second-order valence-corrected chi connectivity index (χ2v) is 3.91. The van der Waals surface area contributed by atoms with Crippen LogP contribution in [0.15, 0.2) is 10.9 Å². The summed E-state index contributed by atoms with van der Waals surface area (Å²) in [6, 6.07) is 0. The number of aromatic nitrogens is 7. The van der Waals surface area contributed by atoms with E-state index in [1.165, 1.54) is 17.9 Å². The highest BCUT2D eigenvalue weighted by Crippen LogP contribution is 2.25. The average molecular weight is 249 g/mol. The molecule has 9 heteroatoms. The molecule has 3 aromatic rings. The zero-order valence-electron chi connectivity index (χ0n) is 8.78. The molecular weight excluding hydrogens is 242 g/mol. The lowest BCUT2D eigenvalue weighted by molar-refractivity contribution is 0.432. The number of hydrogen-bond donors (Lipinski definition) is 1. The van der Waals surface area contributed by atoms with E-state index in [2.05, 4.69) is 34.9 Å². The lowest BCUT2D eigenvalue weighted by atomic mass is 10.3. The number of nitrogens with one attached hydrogen (secondary N) is 1. The molecule has 0 atom stereocenters. The van der Waals surface area contributed by atoms with Crippen LogP contribution in [0.4, 0.5) is 0 Å². The van der Waals surface area contributed by atoms with Gasteiger partial charge < -0.3 is 4.52 Å². The van der Waals surface area contributed by atoms with Crippen LogP contribution >= 0.6 is 11.5 Å². The van der Waals surface area contributed by atoms with E-state index in [0.29, 0.717) is 17.5 Å². The smallest absolute Gasteiger partial charge is 0.272 e. The van der Waals surface area contributed by atoms with E-state index in [-0.39, 0.29) is 0 Å². The van der Waals surface area contributed by atoms with Gasteiger partial charge in [0.05, 0.1) is 5.69 Å². The van der Waals surface area contributed by atoms with Gasteiger partial charge in [-0.3, -0.25) is 5.10 Å². The Hall–Kier alpha value is -2.16.